The van der Waals surface area contributed by atoms with Gasteiger partial charge in [0.1, 0.15) is 0 Å². The van der Waals surface area contributed by atoms with Crippen molar-refractivity contribution in [2.45, 2.75) is 110 Å². The zero-order chi connectivity index (χ0) is 17.0. The van der Waals surface area contributed by atoms with E-state index in [-0.39, 0.29) is 0 Å². The summed E-state index contributed by atoms with van der Waals surface area (Å²) in [5.74, 6) is 0. The lowest BCUT2D eigenvalue weighted by atomic mass is 10.0. The molecule has 1 amide bonds. The van der Waals surface area contributed by atoms with E-state index in [2.05, 4.69) is 13.5 Å². The highest BCUT2D eigenvalue weighted by Crippen LogP contribution is 2.13. The summed E-state index contributed by atoms with van der Waals surface area (Å²) in [5.41, 5.74) is 0. The molecule has 0 aromatic carbocycles. The van der Waals surface area contributed by atoms with Crippen LogP contribution in [0.5, 0.6) is 0 Å². The van der Waals surface area contributed by atoms with E-state index in [1.54, 1.807) is 11.1 Å². The molecule has 0 saturated heterocycles. The Morgan fingerprint density at radius 3 is 1.30 bits per heavy atom. The molecule has 0 aromatic heterocycles. The molecule has 0 saturated carbocycles. The number of nitrogens with zero attached hydrogens (tertiary/aromatic N) is 1. The maximum absolute atomic E-state index is 10.6. The Morgan fingerprint density at radius 1 is 0.652 bits per heavy atom. The third-order valence-corrected chi connectivity index (χ3v) is 4.64. The molecule has 0 heterocycles. The fraction of sp³-hybridized carbons (Fsp3) is 0.857. The number of carbonyl (C=O) groups excluding carboxylic acids is 1. The molecule has 0 aliphatic heterocycles. The van der Waals surface area contributed by atoms with Crippen molar-refractivity contribution < 1.29 is 4.79 Å². The molecule has 0 N–H and O–H groups in total. The van der Waals surface area contributed by atoms with E-state index < -0.39 is 0 Å². The lowest BCUT2D eigenvalue weighted by Gasteiger charge is -2.10. The molecular formula is C21H41NO. The molecule has 2 nitrogen and oxygen atoms in total. The van der Waals surface area contributed by atoms with Crippen LogP contribution in [-0.4, -0.2) is 17.9 Å². The van der Waals surface area contributed by atoms with E-state index in [1.807, 2.05) is 0 Å². The highest BCUT2D eigenvalue weighted by molar-refractivity contribution is 5.48. The first-order valence-corrected chi connectivity index (χ1v) is 10.2. The standard InChI is InChI=1S/C21H41NO/c1-3-5-6-7-8-9-10-11-12-13-14-15-16-17-18-19-20-22(4-2)21-23/h4,21H,2-3,5-20H2,1H3. The lowest BCUT2D eigenvalue weighted by molar-refractivity contribution is -0.115. The van der Waals surface area contributed by atoms with Crippen LogP contribution in [0.3, 0.4) is 0 Å². The van der Waals surface area contributed by atoms with Crippen LogP contribution in [0.25, 0.3) is 0 Å². The first-order chi connectivity index (χ1) is 11.3. The van der Waals surface area contributed by atoms with Gasteiger partial charge >= 0.3 is 0 Å². The van der Waals surface area contributed by atoms with Crippen LogP contribution in [0.2, 0.25) is 0 Å². The second kappa shape index (κ2) is 19.3. The van der Waals surface area contributed by atoms with Crippen molar-refractivity contribution >= 4 is 6.41 Å². The van der Waals surface area contributed by atoms with Crippen LogP contribution in [0.4, 0.5) is 0 Å². The summed E-state index contributed by atoms with van der Waals surface area (Å²) >= 11 is 0. The summed E-state index contributed by atoms with van der Waals surface area (Å²) in [6.07, 6.45) is 24.6. The van der Waals surface area contributed by atoms with Crippen LogP contribution in [0.1, 0.15) is 110 Å². The van der Waals surface area contributed by atoms with Crippen LogP contribution in [0.15, 0.2) is 12.8 Å². The summed E-state index contributed by atoms with van der Waals surface area (Å²) in [7, 11) is 0. The van der Waals surface area contributed by atoms with E-state index in [4.69, 9.17) is 0 Å². The SMILES string of the molecule is C=CN(C=O)CCCCCCCCCCCCCCCCCC. The smallest absolute Gasteiger partial charge is 0.213 e. The van der Waals surface area contributed by atoms with E-state index in [1.165, 1.54) is 96.3 Å². The quantitative estimate of drug-likeness (QED) is 0.188. The first kappa shape index (κ1) is 22.2. The van der Waals surface area contributed by atoms with Gasteiger partial charge in [-0.05, 0) is 12.6 Å². The largest absolute Gasteiger partial charge is 0.322 e. The normalized spacial score (nSPS) is 10.7. The Morgan fingerprint density at radius 2 is 1.00 bits per heavy atom. The topological polar surface area (TPSA) is 20.3 Å². The minimum Gasteiger partial charge on any atom is -0.322 e. The Hall–Kier alpha value is -0.790. The molecule has 0 bridgehead atoms. The van der Waals surface area contributed by atoms with Gasteiger partial charge in [0.15, 0.2) is 0 Å². The molecule has 0 radical (unpaired) electrons. The average molecular weight is 324 g/mol. The number of unbranched alkanes of at least 4 members (excludes halogenated alkanes) is 15. The molecule has 23 heavy (non-hydrogen) atoms. The van der Waals surface area contributed by atoms with Gasteiger partial charge in [-0.15, -0.1) is 0 Å². The summed E-state index contributed by atoms with van der Waals surface area (Å²) in [5, 5.41) is 0. The minimum atomic E-state index is 0.825. The molecule has 0 aliphatic carbocycles. The summed E-state index contributed by atoms with van der Waals surface area (Å²) in [4.78, 5) is 12.2. The van der Waals surface area contributed by atoms with Crippen molar-refractivity contribution in [3.8, 4) is 0 Å². The first-order valence-electron chi connectivity index (χ1n) is 10.2. The summed E-state index contributed by atoms with van der Waals surface area (Å²) < 4.78 is 0. The summed E-state index contributed by atoms with van der Waals surface area (Å²) in [6, 6.07) is 0. The van der Waals surface area contributed by atoms with Gasteiger partial charge in [0.25, 0.3) is 0 Å². The third-order valence-electron chi connectivity index (χ3n) is 4.64. The maximum atomic E-state index is 10.6. The van der Waals surface area contributed by atoms with Crippen molar-refractivity contribution in [2.24, 2.45) is 0 Å². The fourth-order valence-corrected chi connectivity index (χ4v) is 3.03. The van der Waals surface area contributed by atoms with Gasteiger partial charge in [-0.2, -0.15) is 0 Å². The maximum Gasteiger partial charge on any atom is 0.213 e. The van der Waals surface area contributed by atoms with E-state index in [0.717, 1.165) is 19.4 Å². The van der Waals surface area contributed by atoms with Gasteiger partial charge in [0.2, 0.25) is 6.41 Å². The number of hydrogen-bond acceptors (Lipinski definition) is 1. The summed E-state index contributed by atoms with van der Waals surface area (Å²) in [6.45, 7) is 6.73. The van der Waals surface area contributed by atoms with Crippen molar-refractivity contribution in [1.82, 2.24) is 4.90 Å². The number of carbonyl (C=O) groups is 1. The second-order valence-electron chi connectivity index (χ2n) is 6.83. The Balaban J connectivity index is 3.05. The van der Waals surface area contributed by atoms with Crippen molar-refractivity contribution in [3.05, 3.63) is 12.8 Å². The van der Waals surface area contributed by atoms with Crippen molar-refractivity contribution in [1.29, 1.82) is 0 Å². The predicted molar refractivity (Wildman–Crippen MR) is 103 cm³/mol. The zero-order valence-corrected chi connectivity index (χ0v) is 15.7. The van der Waals surface area contributed by atoms with Crippen LogP contribution in [0, 0.1) is 0 Å². The van der Waals surface area contributed by atoms with E-state index in [9.17, 15) is 4.79 Å². The highest BCUT2D eigenvalue weighted by Gasteiger charge is 1.96. The van der Waals surface area contributed by atoms with Crippen molar-refractivity contribution in [3.63, 3.8) is 0 Å². The lowest BCUT2D eigenvalue weighted by Crippen LogP contribution is -2.15. The van der Waals surface area contributed by atoms with Crippen molar-refractivity contribution in [2.75, 3.05) is 6.54 Å². The van der Waals surface area contributed by atoms with Gasteiger partial charge in [-0.1, -0.05) is 110 Å². The highest BCUT2D eigenvalue weighted by atomic mass is 16.1. The fourth-order valence-electron chi connectivity index (χ4n) is 3.03. The number of amides is 1. The molecule has 0 aliphatic rings. The van der Waals surface area contributed by atoms with Crippen LogP contribution in [-0.2, 0) is 4.79 Å². The van der Waals surface area contributed by atoms with Gasteiger partial charge in [-0.25, -0.2) is 0 Å². The molecule has 0 spiro atoms. The Kier molecular flexibility index (Phi) is 18.6. The monoisotopic (exact) mass is 323 g/mol. The Bertz CT molecular complexity index is 244. The van der Waals surface area contributed by atoms with E-state index >= 15 is 0 Å². The second-order valence-corrected chi connectivity index (χ2v) is 6.83. The van der Waals surface area contributed by atoms with Gasteiger partial charge in [0, 0.05) is 6.54 Å². The number of hydrogen-bond donors (Lipinski definition) is 0. The number of rotatable bonds is 19. The van der Waals surface area contributed by atoms with Gasteiger partial charge in [-0.3, -0.25) is 4.79 Å². The molecule has 0 fully saturated rings. The Labute approximate surface area is 145 Å². The molecule has 0 unspecified atom stereocenters. The molecule has 2 heteroatoms. The molecular weight excluding hydrogens is 282 g/mol. The molecule has 136 valence electrons. The van der Waals surface area contributed by atoms with E-state index in [0.29, 0.717) is 0 Å². The van der Waals surface area contributed by atoms with Crippen LogP contribution >= 0.6 is 0 Å². The molecule has 0 rings (SSSR count). The minimum absolute atomic E-state index is 0.825. The van der Waals surface area contributed by atoms with Crippen LogP contribution < -0.4 is 0 Å². The third kappa shape index (κ3) is 17.4. The van der Waals surface area contributed by atoms with Gasteiger partial charge in [0.05, 0.1) is 0 Å². The molecule has 0 atom stereocenters. The predicted octanol–water partition coefficient (Wildman–Crippen LogP) is 6.85. The molecule has 0 aromatic rings. The average Bonchev–Trinajstić information content (AvgIpc) is 2.58. The van der Waals surface area contributed by atoms with Gasteiger partial charge < -0.3 is 4.90 Å². The zero-order valence-electron chi connectivity index (χ0n) is 15.7.